The van der Waals surface area contributed by atoms with Gasteiger partial charge < -0.3 is 15.8 Å². The van der Waals surface area contributed by atoms with E-state index < -0.39 is 0 Å². The molecule has 0 aliphatic carbocycles. The number of hydrogen-bond acceptors (Lipinski definition) is 3. The van der Waals surface area contributed by atoms with E-state index in [0.29, 0.717) is 18.6 Å². The molecule has 2 atom stereocenters. The number of hydrogen-bond donors (Lipinski definition) is 2. The predicted octanol–water partition coefficient (Wildman–Crippen LogP) is 1.52. The van der Waals surface area contributed by atoms with E-state index in [1.807, 2.05) is 6.92 Å². The van der Waals surface area contributed by atoms with Gasteiger partial charge in [-0.2, -0.15) is 0 Å². The molecule has 1 heterocycles. The average Bonchev–Trinajstić information content (AvgIpc) is 2.35. The maximum atomic E-state index is 5.96. The van der Waals surface area contributed by atoms with Gasteiger partial charge in [0.15, 0.2) is 0 Å². The first-order valence-corrected chi connectivity index (χ1v) is 6.60. The van der Waals surface area contributed by atoms with E-state index in [1.54, 1.807) is 0 Å². The zero-order valence-electron chi connectivity index (χ0n) is 11.4. The number of nitrogens with one attached hydrogen (secondary N) is 1. The second kappa shape index (κ2) is 7.00. The van der Waals surface area contributed by atoms with Crippen molar-refractivity contribution in [2.75, 3.05) is 19.7 Å². The molecule has 1 fully saturated rings. The average molecular weight is 238 g/mol. The van der Waals surface area contributed by atoms with Crippen LogP contribution in [0, 0.1) is 17.8 Å². The minimum absolute atomic E-state index is 0.0581. The maximum absolute atomic E-state index is 5.96. The minimum atomic E-state index is 0.0581. The van der Waals surface area contributed by atoms with E-state index in [1.165, 1.54) is 0 Å². The van der Waals surface area contributed by atoms with Crippen LogP contribution in [0.5, 0.6) is 0 Å². The van der Waals surface area contributed by atoms with Gasteiger partial charge in [-0.3, -0.25) is 0 Å². The molecule has 2 unspecified atom stereocenters. The van der Waals surface area contributed by atoms with Crippen LogP contribution >= 0.6 is 0 Å². The summed E-state index contributed by atoms with van der Waals surface area (Å²) >= 11 is 0. The van der Waals surface area contributed by atoms with Gasteiger partial charge in [0.05, 0.1) is 6.10 Å². The standard InChI is InChI=1S/C14H26N2O/c1-4-5-6-8-16-14(11-15)7-9-17-13(10-14)12(2)3/h12-13,16H,6-11,15H2,1-3H3. The molecule has 1 aliphatic rings. The van der Waals surface area contributed by atoms with Crippen LogP contribution in [0.3, 0.4) is 0 Å². The Kier molecular flexibility index (Phi) is 5.97. The molecular weight excluding hydrogens is 212 g/mol. The van der Waals surface area contributed by atoms with Gasteiger partial charge in [-0.1, -0.05) is 13.8 Å². The third-order valence-electron chi connectivity index (χ3n) is 3.57. The summed E-state index contributed by atoms with van der Waals surface area (Å²) in [5.41, 5.74) is 6.02. The van der Waals surface area contributed by atoms with Gasteiger partial charge in [-0.25, -0.2) is 0 Å². The highest BCUT2D eigenvalue weighted by Gasteiger charge is 2.36. The summed E-state index contributed by atoms with van der Waals surface area (Å²) in [7, 11) is 0. The lowest BCUT2D eigenvalue weighted by Gasteiger charge is -2.42. The van der Waals surface area contributed by atoms with Crippen LogP contribution in [0.15, 0.2) is 0 Å². The van der Waals surface area contributed by atoms with Crippen molar-refractivity contribution in [1.82, 2.24) is 5.32 Å². The molecule has 17 heavy (non-hydrogen) atoms. The molecule has 3 heteroatoms. The summed E-state index contributed by atoms with van der Waals surface area (Å²) in [6, 6.07) is 0. The summed E-state index contributed by atoms with van der Waals surface area (Å²) in [5, 5.41) is 3.60. The van der Waals surface area contributed by atoms with E-state index in [4.69, 9.17) is 10.5 Å². The van der Waals surface area contributed by atoms with E-state index in [9.17, 15) is 0 Å². The van der Waals surface area contributed by atoms with E-state index in [0.717, 1.165) is 32.4 Å². The Morgan fingerprint density at radius 2 is 2.29 bits per heavy atom. The van der Waals surface area contributed by atoms with Gasteiger partial charge in [0.25, 0.3) is 0 Å². The van der Waals surface area contributed by atoms with Gasteiger partial charge in [0.1, 0.15) is 0 Å². The maximum Gasteiger partial charge on any atom is 0.0616 e. The normalized spacial score (nSPS) is 28.9. The Labute approximate surface area is 105 Å². The van der Waals surface area contributed by atoms with Crippen molar-refractivity contribution in [1.29, 1.82) is 0 Å². The Balaban J connectivity index is 2.50. The summed E-state index contributed by atoms with van der Waals surface area (Å²) < 4.78 is 5.80. The molecule has 0 bridgehead atoms. The summed E-state index contributed by atoms with van der Waals surface area (Å²) in [6.07, 6.45) is 3.25. The second-order valence-electron chi connectivity index (χ2n) is 5.20. The minimum Gasteiger partial charge on any atom is -0.378 e. The predicted molar refractivity (Wildman–Crippen MR) is 71.7 cm³/mol. The summed E-state index contributed by atoms with van der Waals surface area (Å²) in [5.74, 6) is 6.55. The van der Waals surface area contributed by atoms with Gasteiger partial charge in [0.2, 0.25) is 0 Å². The summed E-state index contributed by atoms with van der Waals surface area (Å²) in [6.45, 7) is 8.70. The van der Waals surface area contributed by atoms with Gasteiger partial charge in [-0.15, -0.1) is 11.8 Å². The fourth-order valence-corrected chi connectivity index (χ4v) is 2.31. The Bertz CT molecular complexity index is 280. The fourth-order valence-electron chi connectivity index (χ4n) is 2.31. The fraction of sp³-hybridized carbons (Fsp3) is 0.857. The van der Waals surface area contributed by atoms with E-state index in [-0.39, 0.29) is 5.54 Å². The van der Waals surface area contributed by atoms with Crippen molar-refractivity contribution < 1.29 is 4.74 Å². The number of ether oxygens (including phenoxy) is 1. The van der Waals surface area contributed by atoms with Crippen LogP contribution in [0.1, 0.15) is 40.0 Å². The first kappa shape index (κ1) is 14.5. The largest absolute Gasteiger partial charge is 0.378 e. The molecule has 1 aliphatic heterocycles. The van der Waals surface area contributed by atoms with Crippen molar-refractivity contribution in [2.24, 2.45) is 11.7 Å². The van der Waals surface area contributed by atoms with Crippen LogP contribution in [-0.4, -0.2) is 31.3 Å². The highest BCUT2D eigenvalue weighted by Crippen LogP contribution is 2.27. The van der Waals surface area contributed by atoms with Crippen molar-refractivity contribution in [2.45, 2.75) is 51.7 Å². The highest BCUT2D eigenvalue weighted by atomic mass is 16.5. The third-order valence-corrected chi connectivity index (χ3v) is 3.57. The first-order chi connectivity index (χ1) is 8.13. The molecule has 0 spiro atoms. The van der Waals surface area contributed by atoms with Gasteiger partial charge >= 0.3 is 0 Å². The molecule has 3 nitrogen and oxygen atoms in total. The molecule has 0 saturated carbocycles. The molecule has 1 saturated heterocycles. The monoisotopic (exact) mass is 238 g/mol. The molecule has 0 aromatic heterocycles. The molecular formula is C14H26N2O. The van der Waals surface area contributed by atoms with Crippen LogP contribution in [0.25, 0.3) is 0 Å². The lowest BCUT2D eigenvalue weighted by molar-refractivity contribution is -0.0491. The first-order valence-electron chi connectivity index (χ1n) is 6.60. The van der Waals surface area contributed by atoms with E-state index in [2.05, 4.69) is 31.0 Å². The zero-order chi connectivity index (χ0) is 12.7. The van der Waals surface area contributed by atoms with Crippen LogP contribution < -0.4 is 11.1 Å². The lowest BCUT2D eigenvalue weighted by Crippen LogP contribution is -2.57. The van der Waals surface area contributed by atoms with Crippen molar-refractivity contribution >= 4 is 0 Å². The lowest BCUT2D eigenvalue weighted by atomic mass is 9.83. The van der Waals surface area contributed by atoms with Gasteiger partial charge in [-0.05, 0) is 25.7 Å². The van der Waals surface area contributed by atoms with Crippen LogP contribution in [0.4, 0.5) is 0 Å². The number of rotatable bonds is 5. The number of nitrogens with two attached hydrogens (primary N) is 1. The SMILES string of the molecule is CC#CCCNC1(CN)CCOC(C(C)C)C1. The molecule has 0 amide bonds. The highest BCUT2D eigenvalue weighted by molar-refractivity contribution is 4.99. The molecule has 0 radical (unpaired) electrons. The zero-order valence-corrected chi connectivity index (χ0v) is 11.4. The van der Waals surface area contributed by atoms with Crippen molar-refractivity contribution in [3.63, 3.8) is 0 Å². The molecule has 1 rings (SSSR count). The molecule has 0 aromatic rings. The third kappa shape index (κ3) is 4.31. The molecule has 0 aromatic carbocycles. The smallest absolute Gasteiger partial charge is 0.0616 e. The van der Waals surface area contributed by atoms with Crippen molar-refractivity contribution in [3.8, 4) is 11.8 Å². The Hall–Kier alpha value is -0.560. The van der Waals surface area contributed by atoms with Gasteiger partial charge in [0, 0.05) is 31.7 Å². The Morgan fingerprint density at radius 3 is 2.88 bits per heavy atom. The van der Waals surface area contributed by atoms with Crippen molar-refractivity contribution in [3.05, 3.63) is 0 Å². The summed E-state index contributed by atoms with van der Waals surface area (Å²) in [4.78, 5) is 0. The molecule has 3 N–H and O–H groups in total. The van der Waals surface area contributed by atoms with E-state index >= 15 is 0 Å². The second-order valence-corrected chi connectivity index (χ2v) is 5.20. The Morgan fingerprint density at radius 1 is 1.53 bits per heavy atom. The van der Waals surface area contributed by atoms with Crippen LogP contribution in [-0.2, 0) is 4.74 Å². The molecule has 98 valence electrons. The topological polar surface area (TPSA) is 47.3 Å². The quantitative estimate of drug-likeness (QED) is 0.564. The van der Waals surface area contributed by atoms with Crippen LogP contribution in [0.2, 0.25) is 0 Å².